The summed E-state index contributed by atoms with van der Waals surface area (Å²) in [7, 11) is 0. The quantitative estimate of drug-likeness (QED) is 0.815. The van der Waals surface area contributed by atoms with Crippen LogP contribution >= 0.6 is 27.5 Å². The van der Waals surface area contributed by atoms with Crippen molar-refractivity contribution in [2.24, 2.45) is 0 Å². The van der Waals surface area contributed by atoms with Crippen molar-refractivity contribution >= 4 is 27.5 Å². The molecule has 1 heterocycles. The molecule has 102 valence electrons. The maximum Gasteiger partial charge on any atom is 0.103 e. The van der Waals surface area contributed by atoms with Crippen molar-refractivity contribution in [3.05, 3.63) is 57.4 Å². The fourth-order valence-electron chi connectivity index (χ4n) is 1.86. The van der Waals surface area contributed by atoms with E-state index in [0.717, 1.165) is 40.2 Å². The minimum absolute atomic E-state index is 0.421. The van der Waals surface area contributed by atoms with Crippen molar-refractivity contribution in [1.29, 1.82) is 0 Å². The summed E-state index contributed by atoms with van der Waals surface area (Å²) in [5, 5.41) is 4.27. The summed E-state index contributed by atoms with van der Waals surface area (Å²) in [6.45, 7) is 2.96. The first kappa shape index (κ1) is 14.6. The van der Waals surface area contributed by atoms with Crippen molar-refractivity contribution < 1.29 is 4.42 Å². The van der Waals surface area contributed by atoms with Crippen LogP contribution in [0.4, 0.5) is 0 Å². The molecule has 1 atom stereocenters. The number of rotatable bonds is 6. The van der Waals surface area contributed by atoms with E-state index in [-0.39, 0.29) is 0 Å². The molecule has 0 amide bonds. The molecule has 0 fully saturated rings. The Hall–Kier alpha value is -0.770. The van der Waals surface area contributed by atoms with E-state index < -0.39 is 0 Å². The second kappa shape index (κ2) is 7.13. The molecular formula is C15H17BrClNO. The Bertz CT molecular complexity index is 513. The predicted octanol–water partition coefficient (Wildman–Crippen LogP) is 4.81. The smallest absolute Gasteiger partial charge is 0.103 e. The first-order valence-electron chi connectivity index (χ1n) is 6.35. The number of furan rings is 1. The summed E-state index contributed by atoms with van der Waals surface area (Å²) in [6, 6.07) is 10.3. The Kier molecular flexibility index (Phi) is 5.49. The third-order valence-electron chi connectivity index (χ3n) is 3.06. The van der Waals surface area contributed by atoms with E-state index in [1.54, 1.807) is 6.26 Å². The Morgan fingerprint density at radius 3 is 2.89 bits per heavy atom. The van der Waals surface area contributed by atoms with Crippen LogP contribution in [-0.2, 0) is 13.0 Å². The van der Waals surface area contributed by atoms with Gasteiger partial charge in [-0.05, 0) is 43.2 Å². The summed E-state index contributed by atoms with van der Waals surface area (Å²) in [5.41, 5.74) is 1.12. The van der Waals surface area contributed by atoms with Gasteiger partial charge in [0.05, 0.1) is 6.26 Å². The van der Waals surface area contributed by atoms with Crippen LogP contribution in [0.3, 0.4) is 0 Å². The molecule has 1 N–H and O–H groups in total. The fourth-order valence-corrected chi connectivity index (χ4v) is 2.61. The lowest BCUT2D eigenvalue weighted by molar-refractivity contribution is 0.460. The Labute approximate surface area is 127 Å². The first-order chi connectivity index (χ1) is 9.15. The largest absolute Gasteiger partial charge is 0.469 e. The summed E-state index contributed by atoms with van der Waals surface area (Å²) >= 11 is 9.59. The maximum absolute atomic E-state index is 6.19. The molecule has 0 saturated carbocycles. The lowest BCUT2D eigenvalue weighted by Crippen LogP contribution is -2.26. The van der Waals surface area contributed by atoms with Gasteiger partial charge in [0.15, 0.2) is 0 Å². The molecule has 2 aromatic rings. The molecule has 19 heavy (non-hydrogen) atoms. The van der Waals surface area contributed by atoms with Crippen molar-refractivity contribution in [2.75, 3.05) is 0 Å². The van der Waals surface area contributed by atoms with Crippen molar-refractivity contribution in [1.82, 2.24) is 5.32 Å². The number of hydrogen-bond donors (Lipinski definition) is 1. The summed E-state index contributed by atoms with van der Waals surface area (Å²) in [6.07, 6.45) is 3.71. The maximum atomic E-state index is 6.19. The number of nitrogens with one attached hydrogen (secondary N) is 1. The number of hydrogen-bond acceptors (Lipinski definition) is 2. The van der Waals surface area contributed by atoms with Crippen LogP contribution in [0.5, 0.6) is 0 Å². The van der Waals surface area contributed by atoms with E-state index in [0.29, 0.717) is 6.04 Å². The lowest BCUT2D eigenvalue weighted by atomic mass is 10.1. The summed E-state index contributed by atoms with van der Waals surface area (Å²) in [4.78, 5) is 0. The highest BCUT2D eigenvalue weighted by Crippen LogP contribution is 2.21. The predicted molar refractivity (Wildman–Crippen MR) is 82.5 cm³/mol. The molecule has 2 nitrogen and oxygen atoms in total. The Balaban J connectivity index is 1.78. The Morgan fingerprint density at radius 1 is 1.37 bits per heavy atom. The Morgan fingerprint density at radius 2 is 2.21 bits per heavy atom. The molecule has 0 radical (unpaired) electrons. The van der Waals surface area contributed by atoms with E-state index in [4.69, 9.17) is 16.0 Å². The van der Waals surface area contributed by atoms with Gasteiger partial charge in [-0.1, -0.05) is 33.6 Å². The average molecular weight is 343 g/mol. The van der Waals surface area contributed by atoms with Gasteiger partial charge in [0, 0.05) is 28.5 Å². The molecule has 0 saturated heterocycles. The minimum atomic E-state index is 0.421. The van der Waals surface area contributed by atoms with E-state index in [1.807, 2.05) is 30.3 Å². The van der Waals surface area contributed by atoms with Crippen molar-refractivity contribution in [2.45, 2.75) is 32.4 Å². The second-order valence-corrected chi connectivity index (χ2v) is 5.96. The molecule has 1 unspecified atom stereocenters. The first-order valence-corrected chi connectivity index (χ1v) is 7.52. The zero-order valence-electron chi connectivity index (χ0n) is 10.8. The zero-order chi connectivity index (χ0) is 13.7. The fraction of sp³-hybridized carbons (Fsp3) is 0.333. The molecule has 2 rings (SSSR count). The standard InChI is InChI=1S/C15H17BrClNO/c1-11(4-7-14-3-2-8-19-14)18-10-12-5-6-13(16)9-15(12)17/h2-3,5-6,8-9,11,18H,4,7,10H2,1H3. The van der Waals surface area contributed by atoms with Gasteiger partial charge in [-0.15, -0.1) is 0 Å². The molecule has 0 spiro atoms. The molecular weight excluding hydrogens is 326 g/mol. The molecule has 1 aromatic carbocycles. The van der Waals surface area contributed by atoms with Gasteiger partial charge in [-0.2, -0.15) is 0 Å². The average Bonchev–Trinajstić information content (AvgIpc) is 2.88. The van der Waals surface area contributed by atoms with Gasteiger partial charge in [0.2, 0.25) is 0 Å². The SMILES string of the molecule is CC(CCc1ccco1)NCc1ccc(Br)cc1Cl. The molecule has 1 aromatic heterocycles. The van der Waals surface area contributed by atoms with Crippen molar-refractivity contribution in [3.63, 3.8) is 0 Å². The van der Waals surface area contributed by atoms with E-state index in [2.05, 4.69) is 28.2 Å². The third kappa shape index (κ3) is 4.68. The van der Waals surface area contributed by atoms with Crippen LogP contribution in [0.25, 0.3) is 0 Å². The molecule has 0 aliphatic carbocycles. The van der Waals surface area contributed by atoms with Gasteiger partial charge >= 0.3 is 0 Å². The molecule has 0 aliphatic heterocycles. The van der Waals surface area contributed by atoms with Gasteiger partial charge in [0.25, 0.3) is 0 Å². The van der Waals surface area contributed by atoms with Crippen LogP contribution in [0.1, 0.15) is 24.7 Å². The van der Waals surface area contributed by atoms with Gasteiger partial charge in [-0.25, -0.2) is 0 Å². The number of aryl methyl sites for hydroxylation is 1. The summed E-state index contributed by atoms with van der Waals surface area (Å²) in [5.74, 6) is 1.04. The van der Waals surface area contributed by atoms with Crippen LogP contribution in [0.15, 0.2) is 45.5 Å². The highest BCUT2D eigenvalue weighted by Gasteiger charge is 2.06. The van der Waals surface area contributed by atoms with Crippen LogP contribution < -0.4 is 5.32 Å². The summed E-state index contributed by atoms with van der Waals surface area (Å²) < 4.78 is 6.33. The normalized spacial score (nSPS) is 12.6. The van der Waals surface area contributed by atoms with Crippen LogP contribution in [-0.4, -0.2) is 6.04 Å². The van der Waals surface area contributed by atoms with Gasteiger partial charge in [0.1, 0.15) is 5.76 Å². The third-order valence-corrected chi connectivity index (χ3v) is 3.91. The van der Waals surface area contributed by atoms with Gasteiger partial charge < -0.3 is 9.73 Å². The minimum Gasteiger partial charge on any atom is -0.469 e. The van der Waals surface area contributed by atoms with E-state index in [1.165, 1.54) is 0 Å². The van der Waals surface area contributed by atoms with Crippen LogP contribution in [0.2, 0.25) is 5.02 Å². The second-order valence-electron chi connectivity index (χ2n) is 4.64. The van der Waals surface area contributed by atoms with E-state index >= 15 is 0 Å². The number of benzene rings is 1. The number of halogens is 2. The zero-order valence-corrected chi connectivity index (χ0v) is 13.2. The van der Waals surface area contributed by atoms with Crippen molar-refractivity contribution in [3.8, 4) is 0 Å². The molecule has 0 bridgehead atoms. The molecule has 4 heteroatoms. The van der Waals surface area contributed by atoms with E-state index in [9.17, 15) is 0 Å². The highest BCUT2D eigenvalue weighted by atomic mass is 79.9. The molecule has 0 aliphatic rings. The van der Waals surface area contributed by atoms with Gasteiger partial charge in [-0.3, -0.25) is 0 Å². The lowest BCUT2D eigenvalue weighted by Gasteiger charge is -2.14. The highest BCUT2D eigenvalue weighted by molar-refractivity contribution is 9.10. The van der Waals surface area contributed by atoms with Crippen LogP contribution in [0, 0.1) is 0 Å². The monoisotopic (exact) mass is 341 g/mol. The topological polar surface area (TPSA) is 25.2 Å².